The molecular weight excluding hydrogens is 234 g/mol. The molecule has 0 aliphatic heterocycles. The van der Waals surface area contributed by atoms with Gasteiger partial charge < -0.3 is 5.11 Å². The first-order chi connectivity index (χ1) is 9.34. The molecule has 2 aromatic rings. The molecule has 1 aliphatic carbocycles. The Morgan fingerprint density at radius 2 is 1.95 bits per heavy atom. The van der Waals surface area contributed by atoms with E-state index in [1.165, 1.54) is 5.56 Å². The molecule has 1 aliphatic rings. The van der Waals surface area contributed by atoms with Gasteiger partial charge in [-0.15, -0.1) is 0 Å². The van der Waals surface area contributed by atoms with Crippen molar-refractivity contribution in [3.63, 3.8) is 0 Å². The molecule has 98 valence electrons. The van der Waals surface area contributed by atoms with E-state index >= 15 is 0 Å². The number of aromatic nitrogens is 1. The second-order valence-electron chi connectivity index (χ2n) is 5.30. The van der Waals surface area contributed by atoms with Gasteiger partial charge in [-0.2, -0.15) is 0 Å². The summed E-state index contributed by atoms with van der Waals surface area (Å²) < 4.78 is 0. The summed E-state index contributed by atoms with van der Waals surface area (Å²) in [6.45, 7) is 0. The number of aliphatic hydroxyl groups excluding tert-OH is 1. The van der Waals surface area contributed by atoms with Crippen molar-refractivity contribution in [2.24, 2.45) is 5.92 Å². The van der Waals surface area contributed by atoms with Crippen LogP contribution in [0.1, 0.15) is 35.8 Å². The zero-order valence-corrected chi connectivity index (χ0v) is 11.0. The normalized spacial score (nSPS) is 21.9. The van der Waals surface area contributed by atoms with Gasteiger partial charge in [0.2, 0.25) is 0 Å². The van der Waals surface area contributed by atoms with E-state index in [4.69, 9.17) is 0 Å². The predicted molar refractivity (Wildman–Crippen MR) is 75.8 cm³/mol. The molecule has 0 radical (unpaired) electrons. The Balaban J connectivity index is 1.68. The van der Waals surface area contributed by atoms with Gasteiger partial charge in [0, 0.05) is 11.9 Å². The van der Waals surface area contributed by atoms with Gasteiger partial charge in [-0.1, -0.05) is 30.3 Å². The van der Waals surface area contributed by atoms with Crippen LogP contribution in [0.3, 0.4) is 0 Å². The molecule has 0 fully saturated rings. The van der Waals surface area contributed by atoms with Crippen LogP contribution in [0.15, 0.2) is 48.7 Å². The molecule has 2 heteroatoms. The standard InChI is InChI=1S/C17H19NO/c19-17-14(10-11-15-6-3-4-12-18-15)9-8-13-5-1-2-7-16(13)17/h1-7,12,14,17,19H,8-11H2. The maximum atomic E-state index is 10.5. The minimum absolute atomic E-state index is 0.311. The number of hydrogen-bond donors (Lipinski definition) is 1. The lowest BCUT2D eigenvalue weighted by molar-refractivity contribution is 0.0886. The second-order valence-corrected chi connectivity index (χ2v) is 5.30. The summed E-state index contributed by atoms with van der Waals surface area (Å²) in [6, 6.07) is 14.3. The van der Waals surface area contributed by atoms with E-state index < -0.39 is 0 Å². The van der Waals surface area contributed by atoms with Crippen LogP contribution in [0.25, 0.3) is 0 Å². The Morgan fingerprint density at radius 1 is 1.11 bits per heavy atom. The van der Waals surface area contributed by atoms with Crippen molar-refractivity contribution in [3.05, 3.63) is 65.5 Å². The zero-order valence-electron chi connectivity index (χ0n) is 11.0. The van der Waals surface area contributed by atoms with Crippen LogP contribution in [0.4, 0.5) is 0 Å². The van der Waals surface area contributed by atoms with Crippen molar-refractivity contribution in [1.29, 1.82) is 0 Å². The van der Waals surface area contributed by atoms with Crippen LogP contribution in [0, 0.1) is 5.92 Å². The van der Waals surface area contributed by atoms with Crippen molar-refractivity contribution in [1.82, 2.24) is 4.98 Å². The summed E-state index contributed by atoms with van der Waals surface area (Å²) in [6.07, 6.45) is 5.64. The van der Waals surface area contributed by atoms with Crippen LogP contribution in [0.2, 0.25) is 0 Å². The number of nitrogens with zero attached hydrogens (tertiary/aromatic N) is 1. The van der Waals surface area contributed by atoms with Gasteiger partial charge in [-0.3, -0.25) is 4.98 Å². The third-order valence-electron chi connectivity index (χ3n) is 4.10. The molecule has 2 unspecified atom stereocenters. The van der Waals surface area contributed by atoms with E-state index in [0.29, 0.717) is 5.92 Å². The molecule has 2 nitrogen and oxygen atoms in total. The monoisotopic (exact) mass is 253 g/mol. The molecular formula is C17H19NO. The number of benzene rings is 1. The summed E-state index contributed by atoms with van der Waals surface area (Å²) in [5.41, 5.74) is 3.55. The maximum absolute atomic E-state index is 10.5. The van der Waals surface area contributed by atoms with E-state index in [0.717, 1.165) is 36.9 Å². The van der Waals surface area contributed by atoms with Crippen LogP contribution in [-0.4, -0.2) is 10.1 Å². The first kappa shape index (κ1) is 12.4. The van der Waals surface area contributed by atoms with Crippen molar-refractivity contribution in [2.45, 2.75) is 31.8 Å². The zero-order chi connectivity index (χ0) is 13.1. The summed E-state index contributed by atoms with van der Waals surface area (Å²) >= 11 is 0. The first-order valence-corrected chi connectivity index (χ1v) is 7.00. The Labute approximate surface area is 114 Å². The number of pyridine rings is 1. The molecule has 0 saturated carbocycles. The topological polar surface area (TPSA) is 33.1 Å². The smallest absolute Gasteiger partial charge is 0.0821 e. The molecule has 0 saturated heterocycles. The van der Waals surface area contributed by atoms with Gasteiger partial charge in [0.1, 0.15) is 0 Å². The molecule has 1 N–H and O–H groups in total. The van der Waals surface area contributed by atoms with E-state index in [1.54, 1.807) is 0 Å². The van der Waals surface area contributed by atoms with E-state index in [1.807, 2.05) is 24.4 Å². The summed E-state index contributed by atoms with van der Waals surface area (Å²) in [5, 5.41) is 10.5. The van der Waals surface area contributed by atoms with E-state index in [9.17, 15) is 5.11 Å². The third kappa shape index (κ3) is 2.69. The fraction of sp³-hybridized carbons (Fsp3) is 0.353. The largest absolute Gasteiger partial charge is 0.388 e. The molecule has 0 bridgehead atoms. The summed E-state index contributed by atoms with van der Waals surface area (Å²) in [5.74, 6) is 0.358. The lowest BCUT2D eigenvalue weighted by atomic mass is 9.79. The minimum Gasteiger partial charge on any atom is -0.388 e. The van der Waals surface area contributed by atoms with Crippen molar-refractivity contribution in [3.8, 4) is 0 Å². The molecule has 19 heavy (non-hydrogen) atoms. The third-order valence-corrected chi connectivity index (χ3v) is 4.10. The molecule has 1 heterocycles. The van der Waals surface area contributed by atoms with Crippen molar-refractivity contribution >= 4 is 0 Å². The fourth-order valence-electron chi connectivity index (χ4n) is 2.98. The van der Waals surface area contributed by atoms with Gasteiger partial charge in [-0.25, -0.2) is 0 Å². The van der Waals surface area contributed by atoms with Gasteiger partial charge in [0.25, 0.3) is 0 Å². The molecule has 2 atom stereocenters. The molecule has 3 rings (SSSR count). The summed E-state index contributed by atoms with van der Waals surface area (Å²) in [7, 11) is 0. The second kappa shape index (κ2) is 5.54. The highest BCUT2D eigenvalue weighted by Gasteiger charge is 2.27. The summed E-state index contributed by atoms with van der Waals surface area (Å²) in [4.78, 5) is 4.35. The Bertz CT molecular complexity index is 538. The van der Waals surface area contributed by atoms with Gasteiger partial charge in [-0.05, 0) is 54.9 Å². The minimum atomic E-state index is -0.311. The van der Waals surface area contributed by atoms with E-state index in [2.05, 4.69) is 29.2 Å². The lowest BCUT2D eigenvalue weighted by Crippen LogP contribution is -2.21. The highest BCUT2D eigenvalue weighted by Crippen LogP contribution is 2.36. The number of fused-ring (bicyclic) bond motifs is 1. The quantitative estimate of drug-likeness (QED) is 0.910. The van der Waals surface area contributed by atoms with Gasteiger partial charge >= 0.3 is 0 Å². The average molecular weight is 253 g/mol. The molecule has 1 aromatic heterocycles. The van der Waals surface area contributed by atoms with E-state index in [-0.39, 0.29) is 6.10 Å². The molecule has 0 spiro atoms. The predicted octanol–water partition coefficient (Wildman–Crippen LogP) is 3.31. The SMILES string of the molecule is OC1c2ccccc2CCC1CCc1ccccn1. The lowest BCUT2D eigenvalue weighted by Gasteiger charge is -2.30. The van der Waals surface area contributed by atoms with Crippen LogP contribution < -0.4 is 0 Å². The molecule has 0 amide bonds. The number of aliphatic hydroxyl groups is 1. The highest BCUT2D eigenvalue weighted by molar-refractivity contribution is 5.31. The van der Waals surface area contributed by atoms with Gasteiger partial charge in [0.05, 0.1) is 6.10 Å². The van der Waals surface area contributed by atoms with Crippen LogP contribution in [-0.2, 0) is 12.8 Å². The average Bonchev–Trinajstić information content (AvgIpc) is 2.48. The Hall–Kier alpha value is -1.67. The molecule has 1 aromatic carbocycles. The Morgan fingerprint density at radius 3 is 2.79 bits per heavy atom. The Kier molecular flexibility index (Phi) is 3.60. The first-order valence-electron chi connectivity index (χ1n) is 7.00. The van der Waals surface area contributed by atoms with Crippen molar-refractivity contribution < 1.29 is 5.11 Å². The van der Waals surface area contributed by atoms with Crippen LogP contribution >= 0.6 is 0 Å². The van der Waals surface area contributed by atoms with Crippen molar-refractivity contribution in [2.75, 3.05) is 0 Å². The number of rotatable bonds is 3. The number of aryl methyl sites for hydroxylation is 2. The highest BCUT2D eigenvalue weighted by atomic mass is 16.3. The maximum Gasteiger partial charge on any atom is 0.0821 e. The van der Waals surface area contributed by atoms with Gasteiger partial charge in [0.15, 0.2) is 0 Å². The fourth-order valence-corrected chi connectivity index (χ4v) is 2.98. The van der Waals surface area contributed by atoms with Crippen LogP contribution in [0.5, 0.6) is 0 Å². The number of hydrogen-bond acceptors (Lipinski definition) is 2.